The number of hydrogen-bond acceptors (Lipinski definition) is 3. The van der Waals surface area contributed by atoms with Gasteiger partial charge in [0.05, 0.1) is 7.11 Å². The predicted octanol–water partition coefficient (Wildman–Crippen LogP) is 1.91. The standard InChI is InChI=1S/C12H18N2O2.ClH/c1-9(8-13-2)12(15)14-10-4-6-11(16-3)7-5-10;/h4-7,9,13H,8H2,1-3H3,(H,14,15);1H. The molecule has 0 saturated carbocycles. The van der Waals surface area contributed by atoms with E-state index in [1.54, 1.807) is 7.11 Å². The highest BCUT2D eigenvalue weighted by Gasteiger charge is 2.11. The van der Waals surface area contributed by atoms with Crippen LogP contribution < -0.4 is 15.4 Å². The molecule has 0 aliphatic carbocycles. The van der Waals surface area contributed by atoms with Gasteiger partial charge in [0.15, 0.2) is 0 Å². The predicted molar refractivity (Wildman–Crippen MR) is 72.0 cm³/mol. The van der Waals surface area contributed by atoms with Crippen LogP contribution in [0.1, 0.15) is 6.92 Å². The number of amides is 1. The van der Waals surface area contributed by atoms with Crippen LogP contribution in [0.4, 0.5) is 5.69 Å². The molecular weight excluding hydrogens is 240 g/mol. The maximum absolute atomic E-state index is 11.7. The maximum Gasteiger partial charge on any atom is 0.228 e. The van der Waals surface area contributed by atoms with Crippen molar-refractivity contribution in [2.75, 3.05) is 26.0 Å². The molecule has 96 valence electrons. The first-order valence-corrected chi connectivity index (χ1v) is 5.27. The Labute approximate surface area is 108 Å². The van der Waals surface area contributed by atoms with Gasteiger partial charge in [0.2, 0.25) is 5.91 Å². The van der Waals surface area contributed by atoms with Gasteiger partial charge in [-0.2, -0.15) is 0 Å². The summed E-state index contributed by atoms with van der Waals surface area (Å²) in [6.45, 7) is 2.55. The molecule has 0 heterocycles. The largest absolute Gasteiger partial charge is 0.497 e. The summed E-state index contributed by atoms with van der Waals surface area (Å²) >= 11 is 0. The van der Waals surface area contributed by atoms with Crippen molar-refractivity contribution in [3.63, 3.8) is 0 Å². The molecule has 0 saturated heterocycles. The van der Waals surface area contributed by atoms with Crippen LogP contribution in [-0.4, -0.2) is 26.6 Å². The van der Waals surface area contributed by atoms with Crippen molar-refractivity contribution in [2.45, 2.75) is 6.92 Å². The van der Waals surface area contributed by atoms with E-state index in [-0.39, 0.29) is 24.2 Å². The molecule has 1 aromatic rings. The average molecular weight is 259 g/mol. The highest BCUT2D eigenvalue weighted by atomic mass is 35.5. The van der Waals surface area contributed by atoms with E-state index in [0.29, 0.717) is 6.54 Å². The third-order valence-electron chi connectivity index (χ3n) is 2.32. The Kier molecular flexibility index (Phi) is 7.34. The van der Waals surface area contributed by atoms with Crippen LogP contribution >= 0.6 is 12.4 Å². The summed E-state index contributed by atoms with van der Waals surface area (Å²) in [7, 11) is 3.44. The summed E-state index contributed by atoms with van der Waals surface area (Å²) in [5.41, 5.74) is 0.786. The van der Waals surface area contributed by atoms with Crippen LogP contribution in [-0.2, 0) is 4.79 Å². The molecule has 1 atom stereocenters. The summed E-state index contributed by atoms with van der Waals surface area (Å²) in [5, 5.41) is 5.81. The molecule has 1 amide bonds. The fourth-order valence-electron chi connectivity index (χ4n) is 1.34. The van der Waals surface area contributed by atoms with Gasteiger partial charge in [-0.3, -0.25) is 4.79 Å². The SMILES string of the molecule is CNCC(C)C(=O)Nc1ccc(OC)cc1.Cl. The molecule has 0 aliphatic rings. The quantitative estimate of drug-likeness (QED) is 0.848. The van der Waals surface area contributed by atoms with E-state index in [9.17, 15) is 4.79 Å². The lowest BCUT2D eigenvalue weighted by Crippen LogP contribution is -2.28. The second-order valence-corrected chi connectivity index (χ2v) is 3.68. The fourth-order valence-corrected chi connectivity index (χ4v) is 1.34. The minimum Gasteiger partial charge on any atom is -0.497 e. The average Bonchev–Trinajstić information content (AvgIpc) is 2.30. The molecule has 1 rings (SSSR count). The third-order valence-corrected chi connectivity index (χ3v) is 2.32. The van der Waals surface area contributed by atoms with Gasteiger partial charge >= 0.3 is 0 Å². The number of ether oxygens (including phenoxy) is 1. The number of nitrogens with one attached hydrogen (secondary N) is 2. The van der Waals surface area contributed by atoms with E-state index >= 15 is 0 Å². The van der Waals surface area contributed by atoms with Gasteiger partial charge in [0, 0.05) is 18.2 Å². The smallest absolute Gasteiger partial charge is 0.228 e. The van der Waals surface area contributed by atoms with E-state index in [2.05, 4.69) is 10.6 Å². The maximum atomic E-state index is 11.7. The normalized spacial score (nSPS) is 11.2. The van der Waals surface area contributed by atoms with Crippen LogP contribution in [0.3, 0.4) is 0 Å². The van der Waals surface area contributed by atoms with Gasteiger partial charge in [-0.15, -0.1) is 12.4 Å². The van der Waals surface area contributed by atoms with E-state index < -0.39 is 0 Å². The van der Waals surface area contributed by atoms with Gasteiger partial charge in [-0.05, 0) is 31.3 Å². The zero-order valence-corrected chi connectivity index (χ0v) is 11.1. The number of anilines is 1. The number of halogens is 1. The molecule has 1 aromatic carbocycles. The molecule has 4 nitrogen and oxygen atoms in total. The highest BCUT2D eigenvalue weighted by Crippen LogP contribution is 2.15. The van der Waals surface area contributed by atoms with Crippen LogP contribution in [0, 0.1) is 5.92 Å². The third kappa shape index (κ3) is 5.06. The van der Waals surface area contributed by atoms with Crippen molar-refractivity contribution >= 4 is 24.0 Å². The van der Waals surface area contributed by atoms with E-state index in [4.69, 9.17) is 4.74 Å². The zero-order chi connectivity index (χ0) is 12.0. The van der Waals surface area contributed by atoms with Crippen LogP contribution in [0.25, 0.3) is 0 Å². The number of benzene rings is 1. The lowest BCUT2D eigenvalue weighted by atomic mass is 10.1. The lowest BCUT2D eigenvalue weighted by molar-refractivity contribution is -0.119. The van der Waals surface area contributed by atoms with Crippen molar-refractivity contribution in [3.8, 4) is 5.75 Å². The fraction of sp³-hybridized carbons (Fsp3) is 0.417. The summed E-state index contributed by atoms with van der Waals surface area (Å²) in [5.74, 6) is 0.743. The van der Waals surface area contributed by atoms with Crippen LogP contribution in [0.15, 0.2) is 24.3 Å². The molecule has 0 aromatic heterocycles. The molecule has 0 aliphatic heterocycles. The van der Waals surface area contributed by atoms with Gasteiger partial charge in [-0.25, -0.2) is 0 Å². The van der Waals surface area contributed by atoms with E-state index in [1.165, 1.54) is 0 Å². The molecule has 1 unspecified atom stereocenters. The van der Waals surface area contributed by atoms with Gasteiger partial charge in [0.1, 0.15) is 5.75 Å². The number of rotatable bonds is 5. The topological polar surface area (TPSA) is 50.4 Å². The first-order chi connectivity index (χ1) is 7.67. The second-order valence-electron chi connectivity index (χ2n) is 3.68. The van der Waals surface area contributed by atoms with E-state index in [0.717, 1.165) is 11.4 Å². The second kappa shape index (κ2) is 7.92. The number of carbonyl (C=O) groups excluding carboxylic acids is 1. The monoisotopic (exact) mass is 258 g/mol. The minimum absolute atomic E-state index is 0. The van der Waals surface area contributed by atoms with Crippen LogP contribution in [0.2, 0.25) is 0 Å². The van der Waals surface area contributed by atoms with Gasteiger partial charge in [-0.1, -0.05) is 6.92 Å². The molecule has 0 fully saturated rings. The molecule has 0 radical (unpaired) electrons. The Morgan fingerprint density at radius 3 is 2.41 bits per heavy atom. The highest BCUT2D eigenvalue weighted by molar-refractivity contribution is 5.92. The first-order valence-electron chi connectivity index (χ1n) is 5.27. The minimum atomic E-state index is -0.0490. The molecule has 0 bridgehead atoms. The zero-order valence-electron chi connectivity index (χ0n) is 10.3. The summed E-state index contributed by atoms with van der Waals surface area (Å²) in [4.78, 5) is 11.7. The van der Waals surface area contributed by atoms with Gasteiger partial charge < -0.3 is 15.4 Å². The van der Waals surface area contributed by atoms with Crippen molar-refractivity contribution in [3.05, 3.63) is 24.3 Å². The number of hydrogen-bond donors (Lipinski definition) is 2. The number of carbonyl (C=O) groups is 1. The van der Waals surface area contributed by atoms with E-state index in [1.807, 2.05) is 38.2 Å². The summed E-state index contributed by atoms with van der Waals surface area (Å²) < 4.78 is 5.04. The Bertz CT molecular complexity index is 341. The van der Waals surface area contributed by atoms with Gasteiger partial charge in [0.25, 0.3) is 0 Å². The van der Waals surface area contributed by atoms with Crippen molar-refractivity contribution in [2.24, 2.45) is 5.92 Å². The summed E-state index contributed by atoms with van der Waals surface area (Å²) in [6.07, 6.45) is 0. The molecule has 17 heavy (non-hydrogen) atoms. The lowest BCUT2D eigenvalue weighted by Gasteiger charge is -2.11. The van der Waals surface area contributed by atoms with Crippen molar-refractivity contribution in [1.82, 2.24) is 5.32 Å². The molecular formula is C12H19ClN2O2. The molecule has 0 spiro atoms. The summed E-state index contributed by atoms with van der Waals surface area (Å²) in [6, 6.07) is 7.28. The Morgan fingerprint density at radius 1 is 1.35 bits per heavy atom. The van der Waals surface area contributed by atoms with Crippen molar-refractivity contribution < 1.29 is 9.53 Å². The van der Waals surface area contributed by atoms with Crippen molar-refractivity contribution in [1.29, 1.82) is 0 Å². The first kappa shape index (κ1) is 15.7. The Morgan fingerprint density at radius 2 is 1.94 bits per heavy atom. The molecule has 2 N–H and O–H groups in total. The number of methoxy groups -OCH3 is 1. The molecule has 5 heteroatoms. The van der Waals surface area contributed by atoms with Crippen LogP contribution in [0.5, 0.6) is 5.75 Å². The Balaban J connectivity index is 0.00000256. The Hall–Kier alpha value is -1.26.